The van der Waals surface area contributed by atoms with E-state index in [4.69, 9.17) is 37.4 Å². The van der Waals surface area contributed by atoms with E-state index in [9.17, 15) is 9.59 Å². The topological polar surface area (TPSA) is 65.1 Å². The SMILES string of the molecule is O=C1C(=Cc2ccc(Cl)cc2Cl)Oc2cc(OC(=O)N3CCOCC3)ccc21. The van der Waals surface area contributed by atoms with Crippen LogP contribution in [0.3, 0.4) is 0 Å². The lowest BCUT2D eigenvalue weighted by Gasteiger charge is -2.25. The number of halogens is 2. The fraction of sp³-hybridized carbons (Fsp3) is 0.200. The maximum atomic E-state index is 12.6. The zero-order chi connectivity index (χ0) is 19.7. The lowest BCUT2D eigenvalue weighted by molar-refractivity contribution is 0.0416. The Bertz CT molecular complexity index is 983. The van der Waals surface area contributed by atoms with Crippen LogP contribution in [0, 0.1) is 0 Å². The van der Waals surface area contributed by atoms with E-state index in [0.29, 0.717) is 59.0 Å². The highest BCUT2D eigenvalue weighted by atomic mass is 35.5. The van der Waals surface area contributed by atoms with Gasteiger partial charge in [-0.05, 0) is 35.9 Å². The first-order valence-corrected chi connectivity index (χ1v) is 9.35. The van der Waals surface area contributed by atoms with Gasteiger partial charge in [0.25, 0.3) is 0 Å². The fourth-order valence-corrected chi connectivity index (χ4v) is 3.36. The molecule has 0 unspecified atom stereocenters. The molecule has 8 heteroatoms. The quantitative estimate of drug-likeness (QED) is 0.673. The van der Waals surface area contributed by atoms with Crippen LogP contribution >= 0.6 is 23.2 Å². The van der Waals surface area contributed by atoms with Crippen LogP contribution in [0.25, 0.3) is 6.08 Å². The third-order valence-electron chi connectivity index (χ3n) is 4.36. The second kappa shape index (κ2) is 7.83. The average molecular weight is 420 g/mol. The Morgan fingerprint density at radius 3 is 2.64 bits per heavy atom. The minimum Gasteiger partial charge on any atom is -0.452 e. The summed E-state index contributed by atoms with van der Waals surface area (Å²) >= 11 is 12.1. The second-order valence-corrected chi connectivity index (χ2v) is 7.07. The molecule has 6 nitrogen and oxygen atoms in total. The molecule has 0 spiro atoms. The zero-order valence-corrected chi connectivity index (χ0v) is 16.1. The van der Waals surface area contributed by atoms with Crippen molar-refractivity contribution in [3.8, 4) is 11.5 Å². The number of carbonyl (C=O) groups is 2. The Morgan fingerprint density at radius 1 is 1.11 bits per heavy atom. The van der Waals surface area contributed by atoms with E-state index in [1.54, 1.807) is 41.3 Å². The molecule has 4 rings (SSSR count). The van der Waals surface area contributed by atoms with Gasteiger partial charge in [0.1, 0.15) is 11.5 Å². The Kier molecular flexibility index (Phi) is 5.26. The van der Waals surface area contributed by atoms with Gasteiger partial charge in [-0.2, -0.15) is 0 Å². The zero-order valence-electron chi connectivity index (χ0n) is 14.6. The van der Waals surface area contributed by atoms with Gasteiger partial charge < -0.3 is 19.1 Å². The highest BCUT2D eigenvalue weighted by Crippen LogP contribution is 2.36. The minimum absolute atomic E-state index is 0.135. The van der Waals surface area contributed by atoms with Gasteiger partial charge in [-0.1, -0.05) is 29.3 Å². The summed E-state index contributed by atoms with van der Waals surface area (Å²) in [7, 11) is 0. The van der Waals surface area contributed by atoms with Crippen LogP contribution in [0.4, 0.5) is 4.79 Å². The van der Waals surface area contributed by atoms with Gasteiger partial charge in [0, 0.05) is 29.2 Å². The van der Waals surface area contributed by atoms with Crippen molar-refractivity contribution < 1.29 is 23.8 Å². The number of ether oxygens (including phenoxy) is 3. The fourth-order valence-electron chi connectivity index (χ4n) is 2.90. The summed E-state index contributed by atoms with van der Waals surface area (Å²) in [6, 6.07) is 9.63. The van der Waals surface area contributed by atoms with Gasteiger partial charge in [-0.25, -0.2) is 4.79 Å². The van der Waals surface area contributed by atoms with Crippen molar-refractivity contribution in [1.82, 2.24) is 4.90 Å². The molecule has 0 N–H and O–H groups in total. The predicted molar refractivity (Wildman–Crippen MR) is 104 cm³/mol. The number of Topliss-reactive ketones (excluding diaryl/α,β-unsaturated/α-hetero) is 1. The Morgan fingerprint density at radius 2 is 1.89 bits per heavy atom. The standard InChI is InChI=1S/C20H15Cl2NO5/c21-13-2-1-12(16(22)10-13)9-18-19(24)15-4-3-14(11-17(15)28-18)27-20(25)23-5-7-26-8-6-23/h1-4,9-11H,5-8H2. The summed E-state index contributed by atoms with van der Waals surface area (Å²) in [6.45, 7) is 1.93. The molecule has 28 heavy (non-hydrogen) atoms. The number of hydrogen-bond acceptors (Lipinski definition) is 5. The number of carbonyl (C=O) groups excluding carboxylic acids is 2. The highest BCUT2D eigenvalue weighted by Gasteiger charge is 2.28. The van der Waals surface area contributed by atoms with Crippen molar-refractivity contribution in [2.75, 3.05) is 26.3 Å². The van der Waals surface area contributed by atoms with Gasteiger partial charge in [0.15, 0.2) is 5.76 Å². The van der Waals surface area contributed by atoms with Crippen molar-refractivity contribution in [1.29, 1.82) is 0 Å². The molecule has 0 bridgehead atoms. The van der Waals surface area contributed by atoms with E-state index in [-0.39, 0.29) is 11.5 Å². The molecule has 0 aliphatic carbocycles. The van der Waals surface area contributed by atoms with Crippen LogP contribution in [0.1, 0.15) is 15.9 Å². The van der Waals surface area contributed by atoms with Crippen molar-refractivity contribution in [2.24, 2.45) is 0 Å². The lowest BCUT2D eigenvalue weighted by Crippen LogP contribution is -2.42. The molecule has 0 saturated carbocycles. The molecule has 0 atom stereocenters. The maximum absolute atomic E-state index is 12.6. The molecule has 1 fully saturated rings. The van der Waals surface area contributed by atoms with E-state index in [2.05, 4.69) is 0 Å². The van der Waals surface area contributed by atoms with Crippen molar-refractivity contribution in [3.63, 3.8) is 0 Å². The minimum atomic E-state index is -0.462. The van der Waals surface area contributed by atoms with Crippen molar-refractivity contribution >= 4 is 41.2 Å². The highest BCUT2D eigenvalue weighted by molar-refractivity contribution is 6.35. The summed E-state index contributed by atoms with van der Waals surface area (Å²) in [5.74, 6) is 0.491. The molecule has 2 aromatic carbocycles. The number of allylic oxidation sites excluding steroid dienone is 1. The first-order valence-electron chi connectivity index (χ1n) is 8.59. The molecule has 144 valence electrons. The van der Waals surface area contributed by atoms with E-state index in [0.717, 1.165) is 0 Å². The van der Waals surface area contributed by atoms with Crippen LogP contribution in [0.5, 0.6) is 11.5 Å². The van der Waals surface area contributed by atoms with Gasteiger partial charge in [0.05, 0.1) is 18.8 Å². The number of nitrogens with zero attached hydrogens (tertiary/aromatic N) is 1. The summed E-state index contributed by atoms with van der Waals surface area (Å²) in [4.78, 5) is 26.3. The van der Waals surface area contributed by atoms with Crippen LogP contribution in [0.15, 0.2) is 42.2 Å². The molecule has 1 amide bonds. The monoisotopic (exact) mass is 419 g/mol. The smallest absolute Gasteiger partial charge is 0.415 e. The lowest BCUT2D eigenvalue weighted by atomic mass is 10.1. The van der Waals surface area contributed by atoms with E-state index >= 15 is 0 Å². The number of morpholine rings is 1. The summed E-state index contributed by atoms with van der Waals surface area (Å²) in [6.07, 6.45) is 1.09. The van der Waals surface area contributed by atoms with Gasteiger partial charge in [0.2, 0.25) is 5.78 Å². The molecule has 2 aliphatic heterocycles. The molecule has 2 heterocycles. The van der Waals surface area contributed by atoms with E-state index in [1.807, 2.05) is 0 Å². The molecular formula is C20H15Cl2NO5. The van der Waals surface area contributed by atoms with Crippen LogP contribution < -0.4 is 9.47 Å². The third-order valence-corrected chi connectivity index (χ3v) is 4.93. The first-order chi connectivity index (χ1) is 13.5. The molecular weight excluding hydrogens is 405 g/mol. The number of amides is 1. The third kappa shape index (κ3) is 3.85. The van der Waals surface area contributed by atoms with Gasteiger partial charge >= 0.3 is 6.09 Å². The van der Waals surface area contributed by atoms with Crippen molar-refractivity contribution in [3.05, 3.63) is 63.3 Å². The predicted octanol–water partition coefficient (Wildman–Crippen LogP) is 4.44. The maximum Gasteiger partial charge on any atom is 0.415 e. The second-order valence-electron chi connectivity index (χ2n) is 6.23. The van der Waals surface area contributed by atoms with Gasteiger partial charge in [-0.3, -0.25) is 4.79 Å². The molecule has 0 radical (unpaired) electrons. The Hall–Kier alpha value is -2.54. The number of fused-ring (bicyclic) bond motifs is 1. The Balaban J connectivity index is 1.52. The normalized spacial score (nSPS) is 17.4. The summed E-state index contributed by atoms with van der Waals surface area (Å²) in [5.41, 5.74) is 1.00. The summed E-state index contributed by atoms with van der Waals surface area (Å²) in [5, 5.41) is 0.910. The number of hydrogen-bond donors (Lipinski definition) is 0. The van der Waals surface area contributed by atoms with E-state index in [1.165, 1.54) is 6.07 Å². The van der Waals surface area contributed by atoms with Crippen LogP contribution in [-0.4, -0.2) is 43.1 Å². The number of ketones is 1. The molecule has 2 aromatic rings. The van der Waals surface area contributed by atoms with E-state index < -0.39 is 6.09 Å². The van der Waals surface area contributed by atoms with Crippen molar-refractivity contribution in [2.45, 2.75) is 0 Å². The van der Waals surface area contributed by atoms with Crippen LogP contribution in [0.2, 0.25) is 10.0 Å². The molecule has 0 aromatic heterocycles. The summed E-state index contributed by atoms with van der Waals surface area (Å²) < 4.78 is 16.3. The largest absolute Gasteiger partial charge is 0.452 e. The van der Waals surface area contributed by atoms with Gasteiger partial charge in [-0.15, -0.1) is 0 Å². The average Bonchev–Trinajstić information content (AvgIpc) is 2.99. The Labute approximate surface area is 171 Å². The number of rotatable bonds is 2. The number of benzene rings is 2. The first kappa shape index (κ1) is 18.8. The molecule has 1 saturated heterocycles. The van der Waals surface area contributed by atoms with Crippen LogP contribution in [-0.2, 0) is 4.74 Å². The molecule has 2 aliphatic rings.